The van der Waals surface area contributed by atoms with E-state index < -0.39 is 0 Å². The third kappa shape index (κ3) is 9.26. The van der Waals surface area contributed by atoms with Gasteiger partial charge >= 0.3 is 0 Å². The Bertz CT molecular complexity index is 1930. The fraction of sp³-hybridized carbons (Fsp3) is 0.481. The minimum atomic E-state index is 0.0783. The van der Waals surface area contributed by atoms with Crippen molar-refractivity contribution in [2.75, 3.05) is 0 Å². The summed E-state index contributed by atoms with van der Waals surface area (Å²) < 4.78 is 0. The fourth-order valence-corrected chi connectivity index (χ4v) is 9.05. The second-order valence-corrected chi connectivity index (χ2v) is 17.8. The molecule has 0 heterocycles. The first-order valence-corrected chi connectivity index (χ1v) is 21.1. The third-order valence-corrected chi connectivity index (χ3v) is 13.2. The second-order valence-electron chi connectivity index (χ2n) is 17.8. The topological polar surface area (TPSA) is 34.1 Å². The molecular weight excluding hydrogens is 657 g/mol. The molecular formula is C52H64O2. The average molecular weight is 721 g/mol. The van der Waals surface area contributed by atoms with Gasteiger partial charge in [-0.1, -0.05) is 133 Å². The van der Waals surface area contributed by atoms with Crippen LogP contribution >= 0.6 is 0 Å². The molecule has 5 unspecified atom stereocenters. The molecule has 0 saturated heterocycles. The summed E-state index contributed by atoms with van der Waals surface area (Å²) in [5, 5.41) is 0. The highest BCUT2D eigenvalue weighted by atomic mass is 16.1. The Balaban J connectivity index is 1.18. The number of ketones is 2. The summed E-state index contributed by atoms with van der Waals surface area (Å²) in [4.78, 5) is 26.1. The molecule has 0 bridgehead atoms. The van der Waals surface area contributed by atoms with Crippen LogP contribution in [0.2, 0.25) is 0 Å². The monoisotopic (exact) mass is 720 g/mol. The Morgan fingerprint density at radius 3 is 2.20 bits per heavy atom. The van der Waals surface area contributed by atoms with Crippen molar-refractivity contribution in [2.24, 2.45) is 41.4 Å². The van der Waals surface area contributed by atoms with Crippen molar-refractivity contribution in [3.63, 3.8) is 0 Å². The first kappa shape index (κ1) is 39.7. The van der Waals surface area contributed by atoms with Crippen LogP contribution in [-0.4, -0.2) is 11.6 Å². The van der Waals surface area contributed by atoms with Crippen molar-refractivity contribution >= 4 is 23.2 Å². The van der Waals surface area contributed by atoms with E-state index in [1.54, 1.807) is 0 Å². The van der Waals surface area contributed by atoms with Crippen LogP contribution in [-0.2, 0) is 16.0 Å². The molecule has 2 aromatic carbocycles. The number of rotatable bonds is 12. The van der Waals surface area contributed by atoms with Gasteiger partial charge in [-0.05, 0) is 144 Å². The summed E-state index contributed by atoms with van der Waals surface area (Å²) in [7, 11) is 0. The summed E-state index contributed by atoms with van der Waals surface area (Å²) in [6, 6.07) is 16.1. The fourth-order valence-electron chi connectivity index (χ4n) is 9.05. The minimum Gasteiger partial charge on any atom is -0.299 e. The molecule has 0 radical (unpaired) electrons. The molecule has 2 heteroatoms. The Labute approximate surface area is 327 Å². The van der Waals surface area contributed by atoms with Crippen molar-refractivity contribution in [1.82, 2.24) is 0 Å². The van der Waals surface area contributed by atoms with Crippen molar-refractivity contribution in [3.8, 4) is 11.1 Å². The quantitative estimate of drug-likeness (QED) is 0.162. The maximum Gasteiger partial charge on any atom is 0.161 e. The molecule has 0 aliphatic heterocycles. The number of fused-ring (bicyclic) bond motifs is 1. The predicted octanol–water partition coefficient (Wildman–Crippen LogP) is 13.7. The molecule has 0 spiro atoms. The maximum atomic E-state index is 13.2. The lowest BCUT2D eigenvalue weighted by Crippen LogP contribution is -2.22. The molecule has 54 heavy (non-hydrogen) atoms. The molecule has 0 aromatic heterocycles. The zero-order valence-corrected chi connectivity index (χ0v) is 34.3. The van der Waals surface area contributed by atoms with Crippen LogP contribution in [0.4, 0.5) is 0 Å². The van der Waals surface area contributed by atoms with Crippen LogP contribution in [0.3, 0.4) is 0 Å². The van der Waals surface area contributed by atoms with Gasteiger partial charge in [0.15, 0.2) is 5.78 Å². The normalized spacial score (nSPS) is 23.0. The van der Waals surface area contributed by atoms with Gasteiger partial charge in [0.2, 0.25) is 0 Å². The Kier molecular flexibility index (Phi) is 13.0. The molecule has 4 aliphatic carbocycles. The van der Waals surface area contributed by atoms with Crippen LogP contribution in [0.25, 0.3) is 22.8 Å². The summed E-state index contributed by atoms with van der Waals surface area (Å²) in [5.74, 6) is 2.91. The van der Waals surface area contributed by atoms with Crippen molar-refractivity contribution in [1.29, 1.82) is 0 Å². The van der Waals surface area contributed by atoms with Crippen molar-refractivity contribution in [2.45, 2.75) is 119 Å². The minimum absolute atomic E-state index is 0.0783. The summed E-state index contributed by atoms with van der Waals surface area (Å²) in [6.45, 7) is 19.3. The zero-order valence-electron chi connectivity index (χ0n) is 34.3. The number of benzene rings is 2. The summed E-state index contributed by atoms with van der Waals surface area (Å²) in [6.07, 6.45) is 22.5. The first-order valence-electron chi connectivity index (χ1n) is 21.1. The van der Waals surface area contributed by atoms with Crippen LogP contribution < -0.4 is 0 Å². The highest BCUT2D eigenvalue weighted by Crippen LogP contribution is 2.41. The smallest absolute Gasteiger partial charge is 0.161 e. The van der Waals surface area contributed by atoms with E-state index in [4.69, 9.17) is 0 Å². The molecule has 6 rings (SSSR count). The largest absolute Gasteiger partial charge is 0.299 e. The average Bonchev–Trinajstić information content (AvgIpc) is 3.17. The van der Waals surface area contributed by atoms with Gasteiger partial charge in [-0.3, -0.25) is 9.59 Å². The van der Waals surface area contributed by atoms with E-state index in [0.29, 0.717) is 47.6 Å². The molecule has 2 aromatic rings. The lowest BCUT2D eigenvalue weighted by atomic mass is 9.76. The maximum absolute atomic E-state index is 13.2. The van der Waals surface area contributed by atoms with Gasteiger partial charge in [-0.15, -0.1) is 5.73 Å². The van der Waals surface area contributed by atoms with Crippen LogP contribution in [0, 0.1) is 41.4 Å². The van der Waals surface area contributed by atoms with Crippen LogP contribution in [0.5, 0.6) is 0 Å². The van der Waals surface area contributed by atoms with Crippen LogP contribution in [0.1, 0.15) is 129 Å². The van der Waals surface area contributed by atoms with Gasteiger partial charge in [-0.2, -0.15) is 0 Å². The van der Waals surface area contributed by atoms with Crippen molar-refractivity contribution < 1.29 is 9.59 Å². The van der Waals surface area contributed by atoms with Gasteiger partial charge in [0.1, 0.15) is 5.78 Å². The first-order chi connectivity index (χ1) is 25.9. The lowest BCUT2D eigenvalue weighted by molar-refractivity contribution is -0.123. The van der Waals surface area contributed by atoms with E-state index in [1.165, 1.54) is 55.7 Å². The zero-order chi connectivity index (χ0) is 38.5. The Morgan fingerprint density at radius 2 is 1.48 bits per heavy atom. The van der Waals surface area contributed by atoms with E-state index in [2.05, 4.69) is 128 Å². The van der Waals surface area contributed by atoms with Gasteiger partial charge in [0.25, 0.3) is 0 Å². The van der Waals surface area contributed by atoms with Gasteiger partial charge < -0.3 is 0 Å². The number of allylic oxidation sites excluding steroid dienone is 10. The highest BCUT2D eigenvalue weighted by molar-refractivity contribution is 5.97. The number of hydrogen-bond donors (Lipinski definition) is 0. The van der Waals surface area contributed by atoms with E-state index in [1.807, 2.05) is 6.08 Å². The Hall–Kier alpha value is -4.00. The highest BCUT2D eigenvalue weighted by Gasteiger charge is 2.28. The Morgan fingerprint density at radius 1 is 0.796 bits per heavy atom. The van der Waals surface area contributed by atoms with E-state index in [9.17, 15) is 9.59 Å². The molecule has 0 N–H and O–H groups in total. The standard InChI is InChI=1S/C52H64O2/c1-9-39-30-46(24-25-50(39)47-14-10-12-38(28-47)29-51(53)36(7)33(2)3)41-18-16-40(17-19-41)45-23-21-42-20-22-44(26-35(6)27-49(42)32-45)43-13-11-15-48(31-43)52(54)37(8)34(4)5/h9,16-21,23,28,30-37,43,47H,1,10-15,24-27,29H2,2-8H3. The van der Waals surface area contributed by atoms with E-state index in [-0.39, 0.29) is 11.8 Å². The molecule has 284 valence electrons. The van der Waals surface area contributed by atoms with Gasteiger partial charge in [-0.25, -0.2) is 0 Å². The molecule has 0 amide bonds. The second kappa shape index (κ2) is 17.6. The van der Waals surface area contributed by atoms with Crippen molar-refractivity contribution in [3.05, 3.63) is 124 Å². The van der Waals surface area contributed by atoms with Crippen LogP contribution in [0.15, 0.2) is 107 Å². The number of carbonyl (C=O) groups is 2. The number of hydrogen-bond acceptors (Lipinski definition) is 2. The summed E-state index contributed by atoms with van der Waals surface area (Å²) >= 11 is 0. The number of Topliss-reactive ketones (excluding diaryl/α,β-unsaturated/α-hetero) is 2. The molecule has 0 fully saturated rings. The lowest BCUT2D eigenvalue weighted by Gasteiger charge is -2.28. The van der Waals surface area contributed by atoms with Gasteiger partial charge in [0.05, 0.1) is 0 Å². The van der Waals surface area contributed by atoms with E-state index in [0.717, 1.165) is 69.8 Å². The SMILES string of the molecule is C=CC1=C(C2C=C(CC(=O)C(C)C(C)C)CCC2)CCC(c2ccc(-c3ccc4c(c3)CC(C)CC(C3C=C(C(=O)C(C)C(C)C)CCC3)=C=C4)cc2)=C1. The summed E-state index contributed by atoms with van der Waals surface area (Å²) in [5.41, 5.74) is 18.0. The number of carbonyl (C=O) groups excluding carboxylic acids is 2. The molecule has 5 atom stereocenters. The predicted molar refractivity (Wildman–Crippen MR) is 229 cm³/mol. The molecule has 2 nitrogen and oxygen atoms in total. The molecule has 4 aliphatic rings. The van der Waals surface area contributed by atoms with Gasteiger partial charge in [0, 0.05) is 24.2 Å². The molecule has 0 saturated carbocycles. The van der Waals surface area contributed by atoms with E-state index >= 15 is 0 Å². The third-order valence-electron chi connectivity index (χ3n) is 13.2.